The van der Waals surface area contributed by atoms with Crippen molar-refractivity contribution in [2.45, 2.75) is 24.6 Å². The topological polar surface area (TPSA) is 45.5 Å². The first-order chi connectivity index (χ1) is 16.3. The van der Waals surface area contributed by atoms with Crippen molar-refractivity contribution < 1.29 is 27.4 Å². The molecule has 1 heterocycles. The molecule has 9 heteroatoms. The molecule has 5 nitrogen and oxygen atoms in total. The van der Waals surface area contributed by atoms with Gasteiger partial charge in [-0.25, -0.2) is 4.68 Å². The lowest BCUT2D eigenvalue weighted by atomic mass is 10.1. The van der Waals surface area contributed by atoms with E-state index >= 15 is 0 Å². The smallest absolute Gasteiger partial charge is 0.435 e. The first-order valence-corrected chi connectivity index (χ1v) is 10.9. The molecule has 0 aliphatic heterocycles. The predicted molar refractivity (Wildman–Crippen MR) is 124 cm³/mol. The Morgan fingerprint density at radius 2 is 1.71 bits per heavy atom. The molecule has 0 N–H and O–H groups in total. The fourth-order valence-electron chi connectivity index (χ4n) is 3.59. The molecular formula is C25H22ClF3N2O3. The maximum atomic E-state index is 13.3. The van der Waals surface area contributed by atoms with Crippen LogP contribution in [0.1, 0.15) is 17.8 Å². The molecule has 0 radical (unpaired) electrons. The van der Waals surface area contributed by atoms with Crippen molar-refractivity contribution in [1.82, 2.24) is 9.78 Å². The molecule has 4 rings (SSSR count). The number of halogens is 4. The van der Waals surface area contributed by atoms with Crippen molar-refractivity contribution in [1.29, 1.82) is 0 Å². The maximum Gasteiger partial charge on any atom is 0.435 e. The van der Waals surface area contributed by atoms with Crippen molar-refractivity contribution in [3.05, 3.63) is 78.1 Å². The van der Waals surface area contributed by atoms with Gasteiger partial charge in [-0.2, -0.15) is 18.3 Å². The lowest BCUT2D eigenvalue weighted by Gasteiger charge is -2.18. The van der Waals surface area contributed by atoms with Crippen molar-refractivity contribution in [2.24, 2.45) is 0 Å². The summed E-state index contributed by atoms with van der Waals surface area (Å²) >= 11 is 6.33. The number of benzene rings is 2. The summed E-state index contributed by atoms with van der Waals surface area (Å²) in [7, 11) is 3.14. The van der Waals surface area contributed by atoms with Crippen LogP contribution in [0, 0.1) is 0 Å². The van der Waals surface area contributed by atoms with Crippen LogP contribution in [0.5, 0.6) is 17.2 Å². The highest BCUT2D eigenvalue weighted by atomic mass is 35.5. The maximum absolute atomic E-state index is 13.3. The van der Waals surface area contributed by atoms with Crippen LogP contribution in [0.3, 0.4) is 0 Å². The molecule has 1 atom stereocenters. The molecule has 0 fully saturated rings. The molecule has 3 aromatic rings. The summed E-state index contributed by atoms with van der Waals surface area (Å²) in [5.74, 6) is 1.74. The highest BCUT2D eigenvalue weighted by molar-refractivity contribution is 6.25. The number of ether oxygens (including phenoxy) is 3. The minimum atomic E-state index is -4.58. The number of alkyl halides is 4. The van der Waals surface area contributed by atoms with E-state index in [9.17, 15) is 13.2 Å². The minimum Gasteiger partial charge on any atom is -0.493 e. The highest BCUT2D eigenvalue weighted by Gasteiger charge is 2.36. The third kappa shape index (κ3) is 5.07. The Morgan fingerprint density at radius 3 is 2.35 bits per heavy atom. The number of rotatable bonds is 7. The molecule has 0 saturated carbocycles. The van der Waals surface area contributed by atoms with Gasteiger partial charge in [-0.3, -0.25) is 0 Å². The predicted octanol–water partition coefficient (Wildman–Crippen LogP) is 6.57. The van der Waals surface area contributed by atoms with Crippen molar-refractivity contribution in [2.75, 3.05) is 14.2 Å². The number of allylic oxidation sites excluding steroid dienone is 4. The van der Waals surface area contributed by atoms with Crippen LogP contribution in [0.25, 0.3) is 16.8 Å². The van der Waals surface area contributed by atoms with E-state index in [4.69, 9.17) is 25.8 Å². The summed E-state index contributed by atoms with van der Waals surface area (Å²) in [5, 5.41) is 3.27. The second kappa shape index (κ2) is 9.85. The zero-order valence-electron chi connectivity index (χ0n) is 18.5. The summed E-state index contributed by atoms with van der Waals surface area (Å²) in [6.45, 7) is -0.108. The van der Waals surface area contributed by atoms with E-state index in [-0.39, 0.29) is 12.3 Å². The van der Waals surface area contributed by atoms with Crippen LogP contribution in [-0.2, 0) is 12.8 Å². The molecule has 1 aliphatic carbocycles. The monoisotopic (exact) mass is 490 g/mol. The van der Waals surface area contributed by atoms with E-state index in [0.717, 1.165) is 17.2 Å². The van der Waals surface area contributed by atoms with Crippen LogP contribution >= 0.6 is 11.6 Å². The van der Waals surface area contributed by atoms with Gasteiger partial charge in [0.15, 0.2) is 17.2 Å². The Hall–Kier alpha value is -3.39. The Balaban J connectivity index is 1.54. The fourth-order valence-corrected chi connectivity index (χ4v) is 3.86. The van der Waals surface area contributed by atoms with E-state index in [2.05, 4.69) is 5.10 Å². The lowest BCUT2D eigenvalue weighted by molar-refractivity contribution is -0.141. The number of methoxy groups -OCH3 is 2. The summed E-state index contributed by atoms with van der Waals surface area (Å²) in [6.07, 6.45) is 1.20. The van der Waals surface area contributed by atoms with Gasteiger partial charge in [-0.05, 0) is 54.0 Å². The van der Waals surface area contributed by atoms with Crippen molar-refractivity contribution in [3.8, 4) is 28.4 Å². The third-order valence-corrected chi connectivity index (χ3v) is 5.74. The first-order valence-electron chi connectivity index (χ1n) is 10.4. The number of hydrogen-bond donors (Lipinski definition) is 0. The Bertz CT molecular complexity index is 1220. The first kappa shape index (κ1) is 23.8. The molecule has 1 aliphatic rings. The van der Waals surface area contributed by atoms with Crippen LogP contribution in [-0.4, -0.2) is 29.4 Å². The molecule has 0 spiro atoms. The van der Waals surface area contributed by atoms with Crippen molar-refractivity contribution in [3.63, 3.8) is 0 Å². The second-order valence-electron chi connectivity index (χ2n) is 7.54. The van der Waals surface area contributed by atoms with Gasteiger partial charge in [0.1, 0.15) is 12.4 Å². The van der Waals surface area contributed by atoms with Crippen LogP contribution in [0.4, 0.5) is 13.2 Å². The highest BCUT2D eigenvalue weighted by Crippen LogP contribution is 2.34. The van der Waals surface area contributed by atoms with E-state index in [1.54, 1.807) is 38.5 Å². The molecule has 178 valence electrons. The third-order valence-electron chi connectivity index (χ3n) is 5.34. The van der Waals surface area contributed by atoms with Crippen LogP contribution in [0.2, 0.25) is 0 Å². The summed E-state index contributed by atoms with van der Waals surface area (Å²) in [6, 6.07) is 13.8. The molecule has 34 heavy (non-hydrogen) atoms. The van der Waals surface area contributed by atoms with Gasteiger partial charge < -0.3 is 14.2 Å². The summed E-state index contributed by atoms with van der Waals surface area (Å²) in [5.41, 5.74) is 1.57. The minimum absolute atomic E-state index is 0.108. The Kier molecular flexibility index (Phi) is 6.88. The van der Waals surface area contributed by atoms with Gasteiger partial charge in [0, 0.05) is 0 Å². The molecular weight excluding hydrogens is 469 g/mol. The lowest BCUT2D eigenvalue weighted by Crippen LogP contribution is -2.16. The molecule has 0 amide bonds. The Labute approximate surface area is 200 Å². The van der Waals surface area contributed by atoms with E-state index in [1.165, 1.54) is 4.68 Å². The number of nitrogens with zero attached hydrogens (tertiary/aromatic N) is 2. The number of hydrogen-bond acceptors (Lipinski definition) is 4. The molecule has 1 unspecified atom stereocenters. The van der Waals surface area contributed by atoms with Gasteiger partial charge in [0.25, 0.3) is 0 Å². The van der Waals surface area contributed by atoms with Gasteiger partial charge in [0.05, 0.1) is 31.0 Å². The van der Waals surface area contributed by atoms with Crippen LogP contribution in [0.15, 0.2) is 66.8 Å². The van der Waals surface area contributed by atoms with Gasteiger partial charge in [-0.15, -0.1) is 11.6 Å². The van der Waals surface area contributed by atoms with E-state index in [0.29, 0.717) is 29.4 Å². The quantitative estimate of drug-likeness (QED) is 0.351. The van der Waals surface area contributed by atoms with Gasteiger partial charge in [0.2, 0.25) is 0 Å². The zero-order valence-corrected chi connectivity index (χ0v) is 19.2. The zero-order chi connectivity index (χ0) is 24.3. The normalized spacial score (nSPS) is 15.7. The van der Waals surface area contributed by atoms with E-state index in [1.807, 2.05) is 36.4 Å². The van der Waals surface area contributed by atoms with Gasteiger partial charge in [-0.1, -0.05) is 30.4 Å². The molecule has 0 saturated heterocycles. The number of aromatic nitrogens is 2. The van der Waals surface area contributed by atoms with E-state index < -0.39 is 17.2 Å². The SMILES string of the molecule is COc1ccc(-c2ccc(OCc3cc(C(F)(F)F)nn3C3=CC=CCC3Cl)cc2)cc1OC. The average Bonchev–Trinajstić information content (AvgIpc) is 3.27. The standard InChI is InChI=1S/C25H22ClF3N2O3/c1-32-22-12-9-17(13-23(22)33-2)16-7-10-19(11-8-16)34-15-18-14-24(25(27,28)29)30-31(18)21-6-4-3-5-20(21)26/h3-4,6-14,20H,5,15H2,1-2H3. The molecule has 1 aromatic heterocycles. The average molecular weight is 491 g/mol. The Morgan fingerprint density at radius 1 is 1.00 bits per heavy atom. The molecule has 2 aromatic carbocycles. The van der Waals surface area contributed by atoms with Crippen molar-refractivity contribution >= 4 is 17.3 Å². The molecule has 0 bridgehead atoms. The second-order valence-corrected chi connectivity index (χ2v) is 8.06. The largest absolute Gasteiger partial charge is 0.493 e. The van der Waals surface area contributed by atoms with Crippen LogP contribution < -0.4 is 14.2 Å². The van der Waals surface area contributed by atoms with Gasteiger partial charge >= 0.3 is 6.18 Å². The summed E-state index contributed by atoms with van der Waals surface area (Å²) < 4.78 is 57.6. The summed E-state index contributed by atoms with van der Waals surface area (Å²) in [4.78, 5) is 0. The fraction of sp³-hybridized carbons (Fsp3) is 0.240.